The van der Waals surface area contributed by atoms with E-state index in [1.54, 1.807) is 24.3 Å². The van der Waals surface area contributed by atoms with Gasteiger partial charge in [-0.3, -0.25) is 4.79 Å². The minimum absolute atomic E-state index is 0.136. The van der Waals surface area contributed by atoms with Crippen molar-refractivity contribution >= 4 is 5.91 Å². The summed E-state index contributed by atoms with van der Waals surface area (Å²) in [5.41, 5.74) is 4.14. The highest BCUT2D eigenvalue weighted by atomic mass is 19.1. The maximum Gasteiger partial charge on any atom is 0.251 e. The van der Waals surface area contributed by atoms with E-state index in [-0.39, 0.29) is 18.3 Å². The first kappa shape index (κ1) is 18.5. The second-order valence-electron chi connectivity index (χ2n) is 6.24. The summed E-state index contributed by atoms with van der Waals surface area (Å²) in [5, 5.41) is 10.9. The van der Waals surface area contributed by atoms with Gasteiger partial charge in [0.25, 0.3) is 5.91 Å². The van der Waals surface area contributed by atoms with Crippen LogP contribution in [-0.2, 0) is 0 Å². The van der Waals surface area contributed by atoms with Gasteiger partial charge in [-0.2, -0.15) is 0 Å². The molecule has 1 heterocycles. The lowest BCUT2D eigenvalue weighted by molar-refractivity contribution is 0.0946. The predicted octanol–water partition coefficient (Wildman–Crippen LogP) is 3.71. The predicted molar refractivity (Wildman–Crippen MR) is 101 cm³/mol. The zero-order chi connectivity index (χ0) is 19.2. The van der Waals surface area contributed by atoms with Crippen LogP contribution in [0.15, 0.2) is 54.6 Å². The van der Waals surface area contributed by atoms with Crippen LogP contribution in [0.5, 0.6) is 5.88 Å². The van der Waals surface area contributed by atoms with Crippen LogP contribution >= 0.6 is 0 Å². The van der Waals surface area contributed by atoms with Crippen LogP contribution in [0.3, 0.4) is 0 Å². The van der Waals surface area contributed by atoms with Crippen LogP contribution in [0.4, 0.5) is 4.39 Å². The first-order chi connectivity index (χ1) is 13.0. The highest BCUT2D eigenvalue weighted by molar-refractivity contribution is 5.94. The van der Waals surface area contributed by atoms with Gasteiger partial charge in [0.15, 0.2) is 0 Å². The molecule has 3 rings (SSSR count). The lowest BCUT2D eigenvalue weighted by Crippen LogP contribution is -2.28. The Kier molecular flexibility index (Phi) is 5.76. The minimum Gasteiger partial charge on any atom is -0.475 e. The topological polar surface area (TPSA) is 64.1 Å². The van der Waals surface area contributed by atoms with Crippen LogP contribution < -0.4 is 10.1 Å². The molecule has 0 bridgehead atoms. The molecule has 138 valence electrons. The molecule has 0 saturated heterocycles. The molecule has 6 heteroatoms. The number of nitrogens with zero attached hydrogens (tertiary/aromatic N) is 2. The van der Waals surface area contributed by atoms with E-state index in [1.165, 1.54) is 12.1 Å². The number of amides is 1. The molecule has 0 atom stereocenters. The molecule has 0 spiro atoms. The molecule has 1 amide bonds. The summed E-state index contributed by atoms with van der Waals surface area (Å²) >= 11 is 0. The van der Waals surface area contributed by atoms with E-state index in [1.807, 2.05) is 32.0 Å². The van der Waals surface area contributed by atoms with Crippen molar-refractivity contribution < 1.29 is 13.9 Å². The lowest BCUT2D eigenvalue weighted by Gasteiger charge is -2.08. The van der Waals surface area contributed by atoms with Gasteiger partial charge in [-0.1, -0.05) is 17.2 Å². The number of benzene rings is 2. The average molecular weight is 365 g/mol. The normalized spacial score (nSPS) is 10.5. The highest BCUT2D eigenvalue weighted by Gasteiger charge is 2.07. The number of carbonyl (C=O) groups excluding carboxylic acids is 1. The van der Waals surface area contributed by atoms with Crippen LogP contribution in [0, 0.1) is 19.7 Å². The van der Waals surface area contributed by atoms with Gasteiger partial charge < -0.3 is 10.1 Å². The zero-order valence-electron chi connectivity index (χ0n) is 15.2. The summed E-state index contributed by atoms with van der Waals surface area (Å²) in [6.45, 7) is 4.55. The van der Waals surface area contributed by atoms with E-state index in [2.05, 4.69) is 15.5 Å². The first-order valence-electron chi connectivity index (χ1n) is 8.60. The molecule has 1 aromatic heterocycles. The Balaban J connectivity index is 1.49. The van der Waals surface area contributed by atoms with Gasteiger partial charge in [0.1, 0.15) is 12.4 Å². The molecule has 0 aliphatic carbocycles. The molecular formula is C21H20FN3O2. The molecule has 0 radical (unpaired) electrons. The van der Waals surface area contributed by atoms with Gasteiger partial charge in [0.2, 0.25) is 5.88 Å². The van der Waals surface area contributed by atoms with Gasteiger partial charge in [-0.05, 0) is 56.3 Å². The molecule has 0 fully saturated rings. The number of hydrogen-bond donors (Lipinski definition) is 1. The third kappa shape index (κ3) is 5.10. The summed E-state index contributed by atoms with van der Waals surface area (Å²) in [6, 6.07) is 15.2. The van der Waals surface area contributed by atoms with E-state index in [9.17, 15) is 9.18 Å². The molecule has 3 aromatic rings. The van der Waals surface area contributed by atoms with Crippen molar-refractivity contribution in [1.29, 1.82) is 0 Å². The average Bonchev–Trinajstić information content (AvgIpc) is 2.65. The molecule has 0 aliphatic rings. The van der Waals surface area contributed by atoms with Crippen molar-refractivity contribution in [3.63, 3.8) is 0 Å². The largest absolute Gasteiger partial charge is 0.475 e. The maximum atomic E-state index is 13.0. The van der Waals surface area contributed by atoms with Crippen LogP contribution in [0.25, 0.3) is 11.3 Å². The van der Waals surface area contributed by atoms with E-state index in [0.29, 0.717) is 23.7 Å². The van der Waals surface area contributed by atoms with E-state index < -0.39 is 0 Å². The van der Waals surface area contributed by atoms with Crippen molar-refractivity contribution in [1.82, 2.24) is 15.5 Å². The Morgan fingerprint density at radius 1 is 1.00 bits per heavy atom. The third-order valence-electron chi connectivity index (χ3n) is 3.90. The molecule has 0 aliphatic heterocycles. The molecule has 0 unspecified atom stereocenters. The molecule has 1 N–H and O–H groups in total. The van der Waals surface area contributed by atoms with Crippen LogP contribution in [0.2, 0.25) is 0 Å². The Morgan fingerprint density at radius 2 is 1.70 bits per heavy atom. The first-order valence-corrected chi connectivity index (χ1v) is 8.60. The Labute approximate surface area is 157 Å². The van der Waals surface area contributed by atoms with Gasteiger partial charge >= 0.3 is 0 Å². The lowest BCUT2D eigenvalue weighted by atomic mass is 10.1. The fourth-order valence-corrected chi connectivity index (χ4v) is 2.70. The smallest absolute Gasteiger partial charge is 0.251 e. The number of rotatable bonds is 6. The van der Waals surface area contributed by atoms with Gasteiger partial charge in [-0.25, -0.2) is 4.39 Å². The molecule has 27 heavy (non-hydrogen) atoms. The second-order valence-corrected chi connectivity index (χ2v) is 6.24. The van der Waals surface area contributed by atoms with E-state index in [0.717, 1.165) is 16.7 Å². The number of nitrogens with one attached hydrogen (secondary N) is 1. The zero-order valence-corrected chi connectivity index (χ0v) is 15.2. The molecule has 0 saturated carbocycles. The summed E-state index contributed by atoms with van der Waals surface area (Å²) < 4.78 is 18.5. The summed E-state index contributed by atoms with van der Waals surface area (Å²) in [5.74, 6) is -0.0702. The van der Waals surface area contributed by atoms with Crippen molar-refractivity contribution in [2.75, 3.05) is 13.2 Å². The number of ether oxygens (including phenoxy) is 1. The van der Waals surface area contributed by atoms with Gasteiger partial charge in [0, 0.05) is 17.2 Å². The van der Waals surface area contributed by atoms with Crippen molar-refractivity contribution in [3.05, 3.63) is 77.1 Å². The maximum absolute atomic E-state index is 13.0. The van der Waals surface area contributed by atoms with Crippen LogP contribution in [-0.4, -0.2) is 29.3 Å². The van der Waals surface area contributed by atoms with Crippen molar-refractivity contribution in [3.8, 4) is 17.1 Å². The molecular weight excluding hydrogens is 345 g/mol. The number of aromatic nitrogens is 2. The third-order valence-corrected chi connectivity index (χ3v) is 3.90. The summed E-state index contributed by atoms with van der Waals surface area (Å²) in [4.78, 5) is 12.2. The van der Waals surface area contributed by atoms with E-state index >= 15 is 0 Å². The summed E-state index contributed by atoms with van der Waals surface area (Å²) in [7, 11) is 0. The minimum atomic E-state index is -0.297. The number of aryl methyl sites for hydroxylation is 2. The number of halogens is 1. The fourth-order valence-electron chi connectivity index (χ4n) is 2.70. The number of hydrogen-bond acceptors (Lipinski definition) is 4. The quantitative estimate of drug-likeness (QED) is 0.677. The van der Waals surface area contributed by atoms with Crippen LogP contribution in [0.1, 0.15) is 21.5 Å². The second kappa shape index (κ2) is 8.40. The highest BCUT2D eigenvalue weighted by Crippen LogP contribution is 2.18. The van der Waals surface area contributed by atoms with Crippen molar-refractivity contribution in [2.24, 2.45) is 0 Å². The standard InChI is InChI=1S/C21H20FN3O2/c1-14-11-15(2)13-17(12-14)21(26)23-9-10-27-20-8-7-19(24-25-20)16-3-5-18(22)6-4-16/h3-8,11-13H,9-10H2,1-2H3,(H,23,26). The number of carbonyl (C=O) groups is 1. The summed E-state index contributed by atoms with van der Waals surface area (Å²) in [6.07, 6.45) is 0. The van der Waals surface area contributed by atoms with Gasteiger partial charge in [0.05, 0.1) is 12.2 Å². The Hall–Kier alpha value is -3.28. The SMILES string of the molecule is Cc1cc(C)cc(C(=O)NCCOc2ccc(-c3ccc(F)cc3)nn2)c1. The molecule has 5 nitrogen and oxygen atoms in total. The molecule has 2 aromatic carbocycles. The fraction of sp³-hybridized carbons (Fsp3) is 0.190. The van der Waals surface area contributed by atoms with E-state index in [4.69, 9.17) is 4.74 Å². The van der Waals surface area contributed by atoms with Gasteiger partial charge in [-0.15, -0.1) is 10.2 Å². The Morgan fingerprint density at radius 3 is 2.33 bits per heavy atom. The monoisotopic (exact) mass is 365 g/mol. The van der Waals surface area contributed by atoms with Crippen molar-refractivity contribution in [2.45, 2.75) is 13.8 Å². The Bertz CT molecular complexity index is 905.